The maximum absolute atomic E-state index is 12.2. The van der Waals surface area contributed by atoms with Crippen LogP contribution >= 0.6 is 0 Å². The number of amides is 1. The fraction of sp³-hybridized carbons (Fsp3) is 0.929. The van der Waals surface area contributed by atoms with Gasteiger partial charge in [0.05, 0.1) is 6.54 Å². The number of likely N-dealkylation sites (tertiary alicyclic amines) is 1. The minimum absolute atomic E-state index is 0.302. The lowest BCUT2D eigenvalue weighted by molar-refractivity contribution is -0.136. The zero-order chi connectivity index (χ0) is 12.3. The van der Waals surface area contributed by atoms with Crippen molar-refractivity contribution < 1.29 is 4.79 Å². The molecule has 0 spiro atoms. The average Bonchev–Trinajstić information content (AvgIpc) is 2.79. The molecule has 1 saturated carbocycles. The van der Waals surface area contributed by atoms with Crippen LogP contribution in [0.3, 0.4) is 0 Å². The van der Waals surface area contributed by atoms with Gasteiger partial charge >= 0.3 is 0 Å². The van der Waals surface area contributed by atoms with E-state index in [2.05, 4.69) is 24.1 Å². The van der Waals surface area contributed by atoms with Gasteiger partial charge in [0.1, 0.15) is 0 Å². The Hall–Kier alpha value is -0.570. The Morgan fingerprint density at radius 1 is 1.06 bits per heavy atom. The zero-order valence-electron chi connectivity index (χ0n) is 11.2. The SMILES string of the molecule is CC1CCCC(C)N1C(=O)CNC1CCCC1. The zero-order valence-corrected chi connectivity index (χ0v) is 11.2. The predicted octanol–water partition coefficient (Wildman–Crippen LogP) is 2.31. The van der Waals surface area contributed by atoms with Gasteiger partial charge < -0.3 is 10.2 Å². The first-order valence-electron chi connectivity index (χ1n) is 7.23. The third-order valence-electron chi connectivity index (χ3n) is 4.38. The van der Waals surface area contributed by atoms with Crippen LogP contribution in [-0.4, -0.2) is 35.5 Å². The molecule has 2 fully saturated rings. The van der Waals surface area contributed by atoms with E-state index in [9.17, 15) is 4.79 Å². The number of nitrogens with one attached hydrogen (secondary N) is 1. The summed E-state index contributed by atoms with van der Waals surface area (Å²) in [6.45, 7) is 4.91. The summed E-state index contributed by atoms with van der Waals surface area (Å²) < 4.78 is 0. The van der Waals surface area contributed by atoms with Crippen LogP contribution in [0.15, 0.2) is 0 Å². The van der Waals surface area contributed by atoms with E-state index in [1.807, 2.05) is 0 Å². The molecule has 1 N–H and O–H groups in total. The standard InChI is InChI=1S/C14H26N2O/c1-11-6-5-7-12(2)16(11)14(17)10-15-13-8-3-4-9-13/h11-13,15H,3-10H2,1-2H3. The van der Waals surface area contributed by atoms with Crippen molar-refractivity contribution in [3.63, 3.8) is 0 Å². The number of hydrogen-bond donors (Lipinski definition) is 1. The number of piperidine rings is 1. The Morgan fingerprint density at radius 2 is 1.65 bits per heavy atom. The van der Waals surface area contributed by atoms with Gasteiger partial charge in [-0.15, -0.1) is 0 Å². The van der Waals surface area contributed by atoms with Crippen molar-refractivity contribution in [1.29, 1.82) is 0 Å². The van der Waals surface area contributed by atoms with Gasteiger partial charge in [0.25, 0.3) is 0 Å². The van der Waals surface area contributed by atoms with Gasteiger partial charge in [0.15, 0.2) is 0 Å². The van der Waals surface area contributed by atoms with E-state index >= 15 is 0 Å². The van der Waals surface area contributed by atoms with E-state index in [1.54, 1.807) is 0 Å². The first kappa shape index (κ1) is 12.9. The molecule has 98 valence electrons. The van der Waals surface area contributed by atoms with Crippen molar-refractivity contribution in [2.45, 2.75) is 76.9 Å². The van der Waals surface area contributed by atoms with Crippen LogP contribution in [-0.2, 0) is 4.79 Å². The van der Waals surface area contributed by atoms with Crippen LogP contribution in [0.1, 0.15) is 58.8 Å². The normalized spacial score (nSPS) is 30.8. The van der Waals surface area contributed by atoms with Gasteiger partial charge in [-0.3, -0.25) is 4.79 Å². The van der Waals surface area contributed by atoms with E-state index in [0.29, 0.717) is 30.6 Å². The Morgan fingerprint density at radius 3 is 2.24 bits per heavy atom. The lowest BCUT2D eigenvalue weighted by Crippen LogP contribution is -2.51. The monoisotopic (exact) mass is 238 g/mol. The van der Waals surface area contributed by atoms with E-state index in [1.165, 1.54) is 44.9 Å². The summed E-state index contributed by atoms with van der Waals surface area (Å²) in [5.74, 6) is 0.302. The average molecular weight is 238 g/mol. The molecule has 0 aromatic rings. The molecule has 2 rings (SSSR count). The Bertz CT molecular complexity index is 251. The highest BCUT2D eigenvalue weighted by Gasteiger charge is 2.29. The molecule has 1 heterocycles. The molecule has 17 heavy (non-hydrogen) atoms. The van der Waals surface area contributed by atoms with Gasteiger partial charge in [0, 0.05) is 18.1 Å². The van der Waals surface area contributed by atoms with E-state index in [4.69, 9.17) is 0 Å². The molecule has 0 bridgehead atoms. The largest absolute Gasteiger partial charge is 0.336 e. The van der Waals surface area contributed by atoms with Gasteiger partial charge in [-0.1, -0.05) is 12.8 Å². The molecular weight excluding hydrogens is 212 g/mol. The maximum atomic E-state index is 12.2. The second kappa shape index (κ2) is 5.85. The highest BCUT2D eigenvalue weighted by atomic mass is 16.2. The molecule has 2 aliphatic rings. The first-order valence-corrected chi connectivity index (χ1v) is 7.23. The summed E-state index contributed by atoms with van der Waals surface area (Å²) in [5, 5.41) is 3.43. The summed E-state index contributed by atoms with van der Waals surface area (Å²) in [6.07, 6.45) is 8.74. The minimum atomic E-state index is 0.302. The quantitative estimate of drug-likeness (QED) is 0.818. The van der Waals surface area contributed by atoms with Crippen LogP contribution in [0.5, 0.6) is 0 Å². The Labute approximate surface area is 105 Å². The molecule has 1 aliphatic heterocycles. The third kappa shape index (κ3) is 3.21. The van der Waals surface area contributed by atoms with Crippen molar-refractivity contribution in [1.82, 2.24) is 10.2 Å². The number of carbonyl (C=O) groups excluding carboxylic acids is 1. The van der Waals surface area contributed by atoms with Crippen molar-refractivity contribution in [2.75, 3.05) is 6.54 Å². The second-order valence-electron chi connectivity index (χ2n) is 5.79. The van der Waals surface area contributed by atoms with Crippen molar-refractivity contribution >= 4 is 5.91 Å². The topological polar surface area (TPSA) is 32.3 Å². The van der Waals surface area contributed by atoms with E-state index < -0.39 is 0 Å². The number of nitrogens with zero attached hydrogens (tertiary/aromatic N) is 1. The van der Waals surface area contributed by atoms with E-state index in [0.717, 1.165) is 0 Å². The van der Waals surface area contributed by atoms with Gasteiger partial charge in [-0.25, -0.2) is 0 Å². The van der Waals surface area contributed by atoms with E-state index in [-0.39, 0.29) is 0 Å². The summed E-state index contributed by atoms with van der Waals surface area (Å²) >= 11 is 0. The minimum Gasteiger partial charge on any atom is -0.336 e. The lowest BCUT2D eigenvalue weighted by Gasteiger charge is -2.39. The first-order chi connectivity index (χ1) is 8.18. The molecule has 0 radical (unpaired) electrons. The molecule has 2 atom stereocenters. The third-order valence-corrected chi connectivity index (χ3v) is 4.38. The van der Waals surface area contributed by atoms with Crippen LogP contribution in [0, 0.1) is 0 Å². The van der Waals surface area contributed by atoms with Gasteiger partial charge in [0.2, 0.25) is 5.91 Å². The van der Waals surface area contributed by atoms with Crippen molar-refractivity contribution in [3.05, 3.63) is 0 Å². The van der Waals surface area contributed by atoms with Crippen LogP contribution < -0.4 is 5.32 Å². The molecule has 2 unspecified atom stereocenters. The summed E-state index contributed by atoms with van der Waals surface area (Å²) in [6, 6.07) is 1.45. The number of hydrogen-bond acceptors (Lipinski definition) is 2. The molecule has 0 aromatic heterocycles. The number of carbonyl (C=O) groups is 1. The predicted molar refractivity (Wildman–Crippen MR) is 69.9 cm³/mol. The second-order valence-corrected chi connectivity index (χ2v) is 5.79. The summed E-state index contributed by atoms with van der Waals surface area (Å²) in [7, 11) is 0. The maximum Gasteiger partial charge on any atom is 0.237 e. The van der Waals surface area contributed by atoms with Crippen molar-refractivity contribution in [2.24, 2.45) is 0 Å². The highest BCUT2D eigenvalue weighted by Crippen LogP contribution is 2.22. The molecule has 3 nitrogen and oxygen atoms in total. The van der Waals surface area contributed by atoms with Crippen LogP contribution in [0.2, 0.25) is 0 Å². The molecule has 3 heteroatoms. The fourth-order valence-electron chi connectivity index (χ4n) is 3.37. The van der Waals surface area contributed by atoms with Crippen molar-refractivity contribution in [3.8, 4) is 0 Å². The molecular formula is C14H26N2O. The lowest BCUT2D eigenvalue weighted by atomic mass is 9.97. The molecule has 1 amide bonds. The van der Waals surface area contributed by atoms with Crippen LogP contribution in [0.4, 0.5) is 0 Å². The van der Waals surface area contributed by atoms with Gasteiger partial charge in [-0.05, 0) is 46.0 Å². The summed E-state index contributed by atoms with van der Waals surface area (Å²) in [5.41, 5.74) is 0. The number of rotatable bonds is 3. The highest BCUT2D eigenvalue weighted by molar-refractivity contribution is 5.79. The Kier molecular flexibility index (Phi) is 4.43. The summed E-state index contributed by atoms with van der Waals surface area (Å²) in [4.78, 5) is 14.3. The molecule has 1 saturated heterocycles. The molecule has 1 aliphatic carbocycles. The fourth-order valence-corrected chi connectivity index (χ4v) is 3.37. The van der Waals surface area contributed by atoms with Crippen LogP contribution in [0.25, 0.3) is 0 Å². The molecule has 0 aromatic carbocycles. The Balaban J connectivity index is 1.80. The van der Waals surface area contributed by atoms with Gasteiger partial charge in [-0.2, -0.15) is 0 Å². The smallest absolute Gasteiger partial charge is 0.237 e.